The minimum Gasteiger partial charge on any atom is -0.271 e. The Balaban J connectivity index is 2.30. The number of nitrogens with one attached hydrogen (secondary N) is 1. The number of nitrogens with two attached hydrogens (primary N) is 1. The van der Waals surface area contributed by atoms with Crippen molar-refractivity contribution in [1.82, 2.24) is 15.2 Å². The molecule has 1 unspecified atom stereocenters. The van der Waals surface area contributed by atoms with E-state index in [-0.39, 0.29) is 6.04 Å². The van der Waals surface area contributed by atoms with Gasteiger partial charge in [0.15, 0.2) is 0 Å². The summed E-state index contributed by atoms with van der Waals surface area (Å²) in [4.78, 5) is 0. The van der Waals surface area contributed by atoms with Gasteiger partial charge >= 0.3 is 0 Å². The lowest BCUT2D eigenvalue weighted by molar-refractivity contribution is 0.490. The number of nitrogens with zero attached hydrogens (tertiary/aromatic N) is 2. The standard InChI is InChI=1S/C14H19ClN4/c1-3-19-14(12(15)9-17-19)13(18-16)8-11-7-5-4-6-10(11)2/h4-7,9,13,18H,3,8,16H2,1-2H3. The summed E-state index contributed by atoms with van der Waals surface area (Å²) in [6.07, 6.45) is 2.46. The van der Waals surface area contributed by atoms with Gasteiger partial charge in [0.25, 0.3) is 0 Å². The summed E-state index contributed by atoms with van der Waals surface area (Å²) in [5.41, 5.74) is 6.30. The maximum absolute atomic E-state index is 6.22. The van der Waals surface area contributed by atoms with E-state index in [1.165, 1.54) is 11.1 Å². The van der Waals surface area contributed by atoms with Gasteiger partial charge in [-0.15, -0.1) is 0 Å². The smallest absolute Gasteiger partial charge is 0.0834 e. The molecule has 1 heterocycles. The van der Waals surface area contributed by atoms with E-state index in [2.05, 4.69) is 29.6 Å². The highest BCUT2D eigenvalue weighted by Gasteiger charge is 2.19. The molecular weight excluding hydrogens is 260 g/mol. The van der Waals surface area contributed by atoms with Crippen LogP contribution in [-0.2, 0) is 13.0 Å². The second-order valence-corrected chi connectivity index (χ2v) is 4.95. The van der Waals surface area contributed by atoms with Crippen LogP contribution in [0.15, 0.2) is 30.5 Å². The van der Waals surface area contributed by atoms with E-state index in [0.29, 0.717) is 5.02 Å². The Morgan fingerprint density at radius 2 is 2.16 bits per heavy atom. The molecule has 0 radical (unpaired) electrons. The molecule has 0 saturated carbocycles. The molecule has 102 valence electrons. The number of benzene rings is 1. The average molecular weight is 279 g/mol. The number of halogens is 1. The summed E-state index contributed by atoms with van der Waals surface area (Å²) in [6.45, 7) is 4.91. The van der Waals surface area contributed by atoms with Crippen molar-refractivity contribution in [3.05, 3.63) is 52.3 Å². The molecule has 2 rings (SSSR count). The highest BCUT2D eigenvalue weighted by Crippen LogP contribution is 2.26. The van der Waals surface area contributed by atoms with Crippen LogP contribution in [0, 0.1) is 6.92 Å². The molecule has 1 aromatic carbocycles. The molecule has 0 fully saturated rings. The number of aryl methyl sites for hydroxylation is 2. The fourth-order valence-corrected chi connectivity index (χ4v) is 2.54. The van der Waals surface area contributed by atoms with E-state index >= 15 is 0 Å². The molecule has 0 aliphatic rings. The van der Waals surface area contributed by atoms with Crippen molar-refractivity contribution in [2.75, 3.05) is 0 Å². The van der Waals surface area contributed by atoms with Crippen molar-refractivity contribution in [1.29, 1.82) is 0 Å². The van der Waals surface area contributed by atoms with Crippen LogP contribution in [-0.4, -0.2) is 9.78 Å². The first kappa shape index (κ1) is 14.1. The van der Waals surface area contributed by atoms with E-state index in [0.717, 1.165) is 18.7 Å². The fraction of sp³-hybridized carbons (Fsp3) is 0.357. The summed E-state index contributed by atoms with van der Waals surface area (Å²) < 4.78 is 1.88. The summed E-state index contributed by atoms with van der Waals surface area (Å²) >= 11 is 6.22. The van der Waals surface area contributed by atoms with Crippen molar-refractivity contribution in [2.24, 2.45) is 5.84 Å². The number of hydrogen-bond acceptors (Lipinski definition) is 3. The summed E-state index contributed by atoms with van der Waals surface area (Å²) in [5, 5.41) is 4.91. The molecule has 0 amide bonds. The molecule has 2 aromatic rings. The highest BCUT2D eigenvalue weighted by molar-refractivity contribution is 6.31. The van der Waals surface area contributed by atoms with Crippen LogP contribution in [0.1, 0.15) is 29.8 Å². The van der Waals surface area contributed by atoms with E-state index in [4.69, 9.17) is 17.4 Å². The van der Waals surface area contributed by atoms with Gasteiger partial charge in [0.05, 0.1) is 23.0 Å². The Labute approximate surface area is 118 Å². The van der Waals surface area contributed by atoms with E-state index < -0.39 is 0 Å². The molecule has 1 atom stereocenters. The molecule has 19 heavy (non-hydrogen) atoms. The largest absolute Gasteiger partial charge is 0.271 e. The van der Waals surface area contributed by atoms with Crippen LogP contribution in [0.3, 0.4) is 0 Å². The molecule has 0 aliphatic heterocycles. The first-order valence-corrected chi connectivity index (χ1v) is 6.77. The normalized spacial score (nSPS) is 12.6. The van der Waals surface area contributed by atoms with Crippen LogP contribution in [0.25, 0.3) is 0 Å². The summed E-state index contributed by atoms with van der Waals surface area (Å²) in [7, 11) is 0. The average Bonchev–Trinajstić information content (AvgIpc) is 2.79. The summed E-state index contributed by atoms with van der Waals surface area (Å²) in [6, 6.07) is 8.24. The number of hydrazine groups is 1. The molecular formula is C14H19ClN4. The minimum atomic E-state index is -0.0453. The van der Waals surface area contributed by atoms with E-state index in [1.807, 2.05) is 23.7 Å². The van der Waals surface area contributed by atoms with Crippen molar-refractivity contribution in [3.8, 4) is 0 Å². The Morgan fingerprint density at radius 1 is 1.42 bits per heavy atom. The third-order valence-corrected chi connectivity index (χ3v) is 3.64. The Kier molecular flexibility index (Phi) is 4.58. The third kappa shape index (κ3) is 2.97. The molecule has 0 saturated heterocycles. The summed E-state index contributed by atoms with van der Waals surface area (Å²) in [5.74, 6) is 5.70. The Morgan fingerprint density at radius 3 is 2.79 bits per heavy atom. The van der Waals surface area contributed by atoms with Gasteiger partial charge in [-0.25, -0.2) is 0 Å². The van der Waals surface area contributed by atoms with Crippen molar-refractivity contribution in [2.45, 2.75) is 32.9 Å². The van der Waals surface area contributed by atoms with E-state index in [9.17, 15) is 0 Å². The van der Waals surface area contributed by atoms with Gasteiger partial charge in [-0.3, -0.25) is 16.0 Å². The number of hydrogen-bond donors (Lipinski definition) is 2. The van der Waals surface area contributed by atoms with Crippen molar-refractivity contribution >= 4 is 11.6 Å². The van der Waals surface area contributed by atoms with Crippen LogP contribution >= 0.6 is 11.6 Å². The predicted molar refractivity (Wildman–Crippen MR) is 77.9 cm³/mol. The lowest BCUT2D eigenvalue weighted by Gasteiger charge is -2.19. The Hall–Kier alpha value is -1.36. The zero-order chi connectivity index (χ0) is 13.8. The zero-order valence-electron chi connectivity index (χ0n) is 11.2. The van der Waals surface area contributed by atoms with Gasteiger partial charge in [0.2, 0.25) is 0 Å². The van der Waals surface area contributed by atoms with Gasteiger partial charge in [-0.1, -0.05) is 35.9 Å². The second kappa shape index (κ2) is 6.19. The van der Waals surface area contributed by atoms with Crippen molar-refractivity contribution in [3.63, 3.8) is 0 Å². The quantitative estimate of drug-likeness (QED) is 0.653. The molecule has 3 N–H and O–H groups in total. The fourth-order valence-electron chi connectivity index (χ4n) is 2.26. The highest BCUT2D eigenvalue weighted by atomic mass is 35.5. The van der Waals surface area contributed by atoms with Crippen LogP contribution < -0.4 is 11.3 Å². The van der Waals surface area contributed by atoms with Gasteiger partial charge in [0.1, 0.15) is 0 Å². The van der Waals surface area contributed by atoms with Gasteiger partial charge in [-0.2, -0.15) is 5.10 Å². The van der Waals surface area contributed by atoms with Crippen LogP contribution in [0.4, 0.5) is 0 Å². The lowest BCUT2D eigenvalue weighted by Crippen LogP contribution is -2.31. The van der Waals surface area contributed by atoms with Gasteiger partial charge in [0, 0.05) is 6.54 Å². The number of aromatic nitrogens is 2. The molecule has 5 heteroatoms. The topological polar surface area (TPSA) is 55.9 Å². The lowest BCUT2D eigenvalue weighted by atomic mass is 9.99. The van der Waals surface area contributed by atoms with Gasteiger partial charge < -0.3 is 0 Å². The maximum atomic E-state index is 6.22. The maximum Gasteiger partial charge on any atom is 0.0834 e. The molecule has 0 bridgehead atoms. The molecule has 0 aliphatic carbocycles. The first-order valence-electron chi connectivity index (χ1n) is 6.39. The van der Waals surface area contributed by atoms with Crippen LogP contribution in [0.2, 0.25) is 5.02 Å². The molecule has 1 aromatic heterocycles. The van der Waals surface area contributed by atoms with Gasteiger partial charge in [-0.05, 0) is 31.4 Å². The predicted octanol–water partition coefficient (Wildman–Crippen LogP) is 2.61. The zero-order valence-corrected chi connectivity index (χ0v) is 12.0. The van der Waals surface area contributed by atoms with Crippen molar-refractivity contribution < 1.29 is 0 Å². The monoisotopic (exact) mass is 278 g/mol. The molecule has 0 spiro atoms. The molecule has 4 nitrogen and oxygen atoms in total. The Bertz CT molecular complexity index is 550. The first-order chi connectivity index (χ1) is 9.17. The third-order valence-electron chi connectivity index (χ3n) is 3.35. The van der Waals surface area contributed by atoms with Crippen LogP contribution in [0.5, 0.6) is 0 Å². The minimum absolute atomic E-state index is 0.0453. The van der Waals surface area contributed by atoms with E-state index in [1.54, 1.807) is 6.20 Å². The number of rotatable bonds is 5. The SMILES string of the molecule is CCn1ncc(Cl)c1C(Cc1ccccc1C)NN. The second-order valence-electron chi connectivity index (χ2n) is 4.54.